The van der Waals surface area contributed by atoms with Crippen LogP contribution in [0.4, 0.5) is 4.79 Å². The normalized spacial score (nSPS) is 24.5. The van der Waals surface area contributed by atoms with E-state index in [0.717, 1.165) is 6.42 Å². The lowest BCUT2D eigenvalue weighted by Crippen LogP contribution is -2.48. The second-order valence-electron chi connectivity index (χ2n) is 3.48. The van der Waals surface area contributed by atoms with Gasteiger partial charge in [0.15, 0.2) is 9.84 Å². The fourth-order valence-electron chi connectivity index (χ4n) is 1.48. The van der Waals surface area contributed by atoms with Crippen LogP contribution in [0, 0.1) is 0 Å². The summed E-state index contributed by atoms with van der Waals surface area (Å²) in [5.41, 5.74) is 0. The van der Waals surface area contributed by atoms with Crippen LogP contribution >= 0.6 is 0 Å². The summed E-state index contributed by atoms with van der Waals surface area (Å²) in [6.45, 7) is -0.0383. The third-order valence-corrected chi connectivity index (χ3v) is 4.35. The summed E-state index contributed by atoms with van der Waals surface area (Å²) in [4.78, 5) is 11.2. The number of amides is 2. The van der Waals surface area contributed by atoms with Crippen molar-refractivity contribution in [3.63, 3.8) is 0 Å². The average Bonchev–Trinajstić information content (AvgIpc) is 2.18. The molecule has 1 atom stereocenters. The molecular formula is C8H16N2O4S. The number of nitrogens with one attached hydrogen (secondary N) is 2. The molecule has 0 aromatic heterocycles. The smallest absolute Gasteiger partial charge is 0.315 e. The summed E-state index contributed by atoms with van der Waals surface area (Å²) in [5, 5.41) is 12.4. The summed E-state index contributed by atoms with van der Waals surface area (Å²) in [7, 11) is -3.18. The second-order valence-corrected chi connectivity index (χ2v) is 5.78. The standard InChI is InChI=1S/C8H16N2O4S/c11-5-4-9-8(12)10-7-3-1-2-6-15(7,13)14/h7,11H,1-6H2,(H2,9,10,12). The monoisotopic (exact) mass is 236 g/mol. The van der Waals surface area contributed by atoms with Crippen LogP contribution in [0.5, 0.6) is 0 Å². The minimum absolute atomic E-state index is 0.124. The molecule has 1 unspecified atom stereocenters. The molecule has 1 aliphatic heterocycles. The van der Waals surface area contributed by atoms with Gasteiger partial charge >= 0.3 is 6.03 Å². The predicted molar refractivity (Wildman–Crippen MR) is 55.0 cm³/mol. The van der Waals surface area contributed by atoms with Gasteiger partial charge in [-0.2, -0.15) is 0 Å². The minimum atomic E-state index is -3.18. The number of carbonyl (C=O) groups excluding carboxylic acids is 1. The van der Waals surface area contributed by atoms with E-state index < -0.39 is 21.2 Å². The molecule has 7 heteroatoms. The van der Waals surface area contributed by atoms with Crippen LogP contribution in [0.3, 0.4) is 0 Å². The number of hydrogen-bond acceptors (Lipinski definition) is 4. The number of carbonyl (C=O) groups is 1. The molecule has 0 aliphatic carbocycles. The molecule has 1 heterocycles. The SMILES string of the molecule is O=C(NCCO)NC1CCCCS1(=O)=O. The molecule has 2 amide bonds. The highest BCUT2D eigenvalue weighted by Crippen LogP contribution is 2.16. The number of aliphatic hydroxyl groups is 1. The maximum atomic E-state index is 11.5. The molecule has 0 spiro atoms. The molecule has 0 aromatic rings. The Morgan fingerprint density at radius 3 is 2.73 bits per heavy atom. The topological polar surface area (TPSA) is 95.5 Å². The van der Waals surface area contributed by atoms with Crippen molar-refractivity contribution in [1.82, 2.24) is 10.6 Å². The zero-order chi connectivity index (χ0) is 11.3. The Balaban J connectivity index is 2.46. The predicted octanol–water partition coefficient (Wildman–Crippen LogP) is -0.797. The summed E-state index contributed by atoms with van der Waals surface area (Å²) in [6, 6.07) is -0.542. The first-order valence-corrected chi connectivity index (χ1v) is 6.64. The molecule has 0 aromatic carbocycles. The van der Waals surface area contributed by atoms with Gasteiger partial charge in [-0.3, -0.25) is 0 Å². The van der Waals surface area contributed by atoms with E-state index in [1.165, 1.54) is 0 Å². The molecule has 1 aliphatic rings. The van der Waals surface area contributed by atoms with Crippen molar-refractivity contribution in [1.29, 1.82) is 0 Å². The van der Waals surface area contributed by atoms with E-state index in [9.17, 15) is 13.2 Å². The molecule has 88 valence electrons. The van der Waals surface area contributed by atoms with Crippen LogP contribution in [-0.2, 0) is 9.84 Å². The number of sulfone groups is 1. The van der Waals surface area contributed by atoms with E-state index in [4.69, 9.17) is 5.11 Å². The van der Waals surface area contributed by atoms with Gasteiger partial charge in [0.05, 0.1) is 12.4 Å². The largest absolute Gasteiger partial charge is 0.395 e. The Hall–Kier alpha value is -0.820. The van der Waals surface area contributed by atoms with Crippen LogP contribution in [0.25, 0.3) is 0 Å². The van der Waals surface area contributed by atoms with Crippen molar-refractivity contribution in [3.05, 3.63) is 0 Å². The van der Waals surface area contributed by atoms with E-state index in [1.54, 1.807) is 0 Å². The molecule has 3 N–H and O–H groups in total. The van der Waals surface area contributed by atoms with Crippen molar-refractivity contribution in [2.45, 2.75) is 24.6 Å². The van der Waals surface area contributed by atoms with Crippen molar-refractivity contribution in [2.24, 2.45) is 0 Å². The molecule has 6 nitrogen and oxygen atoms in total. The van der Waals surface area contributed by atoms with Crippen LogP contribution in [0.2, 0.25) is 0 Å². The second kappa shape index (κ2) is 5.32. The van der Waals surface area contributed by atoms with Gasteiger partial charge in [0.2, 0.25) is 0 Å². The van der Waals surface area contributed by atoms with Crippen molar-refractivity contribution < 1.29 is 18.3 Å². The average molecular weight is 236 g/mol. The fourth-order valence-corrected chi connectivity index (χ4v) is 3.19. The van der Waals surface area contributed by atoms with E-state index in [1.807, 2.05) is 0 Å². The molecule has 0 saturated carbocycles. The number of urea groups is 1. The van der Waals surface area contributed by atoms with Gasteiger partial charge in [-0.25, -0.2) is 13.2 Å². The highest BCUT2D eigenvalue weighted by molar-refractivity contribution is 7.92. The van der Waals surface area contributed by atoms with Crippen molar-refractivity contribution in [2.75, 3.05) is 18.9 Å². The molecule has 15 heavy (non-hydrogen) atoms. The molecule has 0 bridgehead atoms. The lowest BCUT2D eigenvalue weighted by Gasteiger charge is -2.23. The summed E-state index contributed by atoms with van der Waals surface area (Å²) >= 11 is 0. The molecule has 0 radical (unpaired) electrons. The van der Waals surface area contributed by atoms with Gasteiger partial charge in [0.25, 0.3) is 0 Å². The summed E-state index contributed by atoms with van der Waals surface area (Å²) in [6.07, 6.45) is 1.94. The van der Waals surface area contributed by atoms with Crippen LogP contribution in [-0.4, -0.2) is 43.8 Å². The Kier molecular flexibility index (Phi) is 4.34. The van der Waals surface area contributed by atoms with Gasteiger partial charge in [-0.1, -0.05) is 0 Å². The highest BCUT2D eigenvalue weighted by atomic mass is 32.2. The Bertz CT molecular complexity index is 315. The lowest BCUT2D eigenvalue weighted by atomic mass is 10.2. The third-order valence-electron chi connectivity index (χ3n) is 2.27. The first-order chi connectivity index (χ1) is 7.06. The molecule has 1 saturated heterocycles. The van der Waals surface area contributed by atoms with Crippen molar-refractivity contribution in [3.8, 4) is 0 Å². The maximum Gasteiger partial charge on any atom is 0.315 e. The van der Waals surface area contributed by atoms with Gasteiger partial charge in [0.1, 0.15) is 5.37 Å². The van der Waals surface area contributed by atoms with Gasteiger partial charge in [-0.05, 0) is 19.3 Å². The van der Waals surface area contributed by atoms with E-state index in [-0.39, 0.29) is 18.9 Å². The molecule has 1 fully saturated rings. The summed E-state index contributed by atoms with van der Waals surface area (Å²) < 4.78 is 23.0. The number of aliphatic hydroxyl groups excluding tert-OH is 1. The molecule has 1 rings (SSSR count). The van der Waals surface area contributed by atoms with Crippen LogP contribution in [0.1, 0.15) is 19.3 Å². The zero-order valence-electron chi connectivity index (χ0n) is 8.40. The molecular weight excluding hydrogens is 220 g/mol. The van der Waals surface area contributed by atoms with Crippen molar-refractivity contribution >= 4 is 15.9 Å². The van der Waals surface area contributed by atoms with E-state index >= 15 is 0 Å². The quantitative estimate of drug-likeness (QED) is 0.598. The maximum absolute atomic E-state index is 11.5. The van der Waals surface area contributed by atoms with Gasteiger partial charge in [0, 0.05) is 6.54 Å². The van der Waals surface area contributed by atoms with Crippen LogP contribution < -0.4 is 10.6 Å². The van der Waals surface area contributed by atoms with E-state index in [2.05, 4.69) is 10.6 Å². The number of hydrogen-bond donors (Lipinski definition) is 3. The Morgan fingerprint density at radius 1 is 1.40 bits per heavy atom. The summed E-state index contributed by atoms with van der Waals surface area (Å²) in [5.74, 6) is 0.137. The van der Waals surface area contributed by atoms with Crippen LogP contribution in [0.15, 0.2) is 0 Å². The van der Waals surface area contributed by atoms with E-state index in [0.29, 0.717) is 12.8 Å². The minimum Gasteiger partial charge on any atom is -0.395 e. The lowest BCUT2D eigenvalue weighted by molar-refractivity contribution is 0.232. The third kappa shape index (κ3) is 3.67. The Labute approximate surface area is 89.0 Å². The first-order valence-electron chi connectivity index (χ1n) is 4.93. The van der Waals surface area contributed by atoms with Gasteiger partial charge in [-0.15, -0.1) is 0 Å². The zero-order valence-corrected chi connectivity index (χ0v) is 9.22. The fraction of sp³-hybridized carbons (Fsp3) is 0.875. The number of rotatable bonds is 3. The highest BCUT2D eigenvalue weighted by Gasteiger charge is 2.29. The first kappa shape index (κ1) is 12.3. The Morgan fingerprint density at radius 2 is 2.13 bits per heavy atom. The van der Waals surface area contributed by atoms with Gasteiger partial charge < -0.3 is 15.7 Å².